The van der Waals surface area contributed by atoms with Crippen molar-refractivity contribution in [3.63, 3.8) is 0 Å². The fourth-order valence-electron chi connectivity index (χ4n) is 9.13. The minimum absolute atomic E-state index is 0.632. The molecule has 0 N–H and O–H groups in total. The second kappa shape index (κ2) is 14.7. The van der Waals surface area contributed by atoms with Crippen molar-refractivity contribution < 1.29 is 0 Å². The second-order valence-corrected chi connectivity index (χ2v) is 15.6. The van der Waals surface area contributed by atoms with Gasteiger partial charge in [-0.05, 0) is 76.9 Å². The monoisotopic (exact) mass is 791 g/mol. The van der Waals surface area contributed by atoms with Gasteiger partial charge in [0.05, 0.1) is 22.1 Å². The van der Waals surface area contributed by atoms with Gasteiger partial charge in [-0.25, -0.2) is 15.0 Å². The number of fused-ring (bicyclic) bond motifs is 6. The molecule has 12 aromatic rings. The third-order valence-corrected chi connectivity index (χ3v) is 12.0. The molecule has 9 aromatic carbocycles. The van der Waals surface area contributed by atoms with Crippen LogP contribution in [0.25, 0.3) is 111 Å². The lowest BCUT2D eigenvalue weighted by molar-refractivity contribution is 1.07. The summed E-state index contributed by atoms with van der Waals surface area (Å²) in [6.45, 7) is 0. The Labute approximate surface area is 358 Å². The van der Waals surface area contributed by atoms with E-state index in [0.717, 1.165) is 50.2 Å². The van der Waals surface area contributed by atoms with Crippen molar-refractivity contribution in [2.75, 3.05) is 0 Å². The summed E-state index contributed by atoms with van der Waals surface area (Å²) in [5.41, 5.74) is 14.3. The van der Waals surface area contributed by atoms with Crippen LogP contribution in [0.2, 0.25) is 0 Å². The van der Waals surface area contributed by atoms with Crippen LogP contribution in [0.4, 0.5) is 0 Å². The van der Waals surface area contributed by atoms with Gasteiger partial charge in [-0.1, -0.05) is 170 Å². The van der Waals surface area contributed by atoms with Gasteiger partial charge in [-0.15, -0.1) is 0 Å². The quantitative estimate of drug-likeness (QED) is 0.162. The largest absolute Gasteiger partial charge is 0.309 e. The van der Waals surface area contributed by atoms with Crippen LogP contribution in [0.15, 0.2) is 224 Å². The predicted molar refractivity (Wildman–Crippen MR) is 256 cm³/mol. The third kappa shape index (κ3) is 5.98. The Kier molecular flexibility index (Phi) is 8.42. The maximum atomic E-state index is 5.02. The summed E-state index contributed by atoms with van der Waals surface area (Å²) in [5, 5.41) is 4.93. The van der Waals surface area contributed by atoms with Crippen LogP contribution in [0.5, 0.6) is 0 Å². The van der Waals surface area contributed by atoms with E-state index in [9.17, 15) is 0 Å². The standard InChI is InChI=1S/C57H37N5/c1-4-17-38(18-5-1)55-58-56(39-19-6-2-7-20-39)60-57(59-55)43-23-14-21-40(35-43)41-22-15-26-45(36-41)62-50-30-12-10-27-47(50)48-34-33-42(37-53(48)62)46-29-16-32-52-54(46)49-28-11-13-31-51(49)61(52)44-24-8-3-9-25-44/h1-37H. The maximum absolute atomic E-state index is 5.02. The minimum atomic E-state index is 0.632. The fraction of sp³-hybridized carbons (Fsp3) is 0. The molecule has 62 heavy (non-hydrogen) atoms. The van der Waals surface area contributed by atoms with Crippen molar-refractivity contribution in [2.45, 2.75) is 0 Å². The van der Waals surface area contributed by atoms with Crippen LogP contribution in [-0.4, -0.2) is 24.1 Å². The first-order valence-electron chi connectivity index (χ1n) is 20.9. The fourth-order valence-corrected chi connectivity index (χ4v) is 9.13. The van der Waals surface area contributed by atoms with E-state index < -0.39 is 0 Å². The second-order valence-electron chi connectivity index (χ2n) is 15.6. The highest BCUT2D eigenvalue weighted by molar-refractivity contribution is 6.17. The van der Waals surface area contributed by atoms with E-state index in [4.69, 9.17) is 15.0 Å². The molecule has 0 spiro atoms. The SMILES string of the molecule is c1ccc(-c2nc(-c3ccccc3)nc(-c3cccc(-c4cccc(-n5c6ccccc6c6ccc(-c7cccc8c7c7ccccc7n8-c7ccccc7)cc65)c4)c3)n2)cc1. The molecule has 0 saturated heterocycles. The Hall–Kier alpha value is -8.41. The summed E-state index contributed by atoms with van der Waals surface area (Å²) in [4.78, 5) is 14.9. The number of rotatable bonds is 7. The van der Waals surface area contributed by atoms with Gasteiger partial charge in [-0.2, -0.15) is 0 Å². The first-order chi connectivity index (χ1) is 30.7. The molecule has 290 valence electrons. The number of benzene rings is 9. The highest BCUT2D eigenvalue weighted by Gasteiger charge is 2.19. The zero-order chi connectivity index (χ0) is 41.0. The third-order valence-electron chi connectivity index (χ3n) is 12.0. The molecule has 5 nitrogen and oxygen atoms in total. The number of hydrogen-bond donors (Lipinski definition) is 0. The van der Waals surface area contributed by atoms with Crippen LogP contribution in [-0.2, 0) is 0 Å². The Morgan fingerprint density at radius 2 is 0.726 bits per heavy atom. The molecule has 0 saturated carbocycles. The Bertz CT molecular complexity index is 3570. The van der Waals surface area contributed by atoms with Crippen LogP contribution in [0.3, 0.4) is 0 Å². The molecule has 0 aliphatic rings. The molecule has 0 aliphatic carbocycles. The zero-order valence-corrected chi connectivity index (χ0v) is 33.6. The van der Waals surface area contributed by atoms with Gasteiger partial charge < -0.3 is 9.13 Å². The van der Waals surface area contributed by atoms with E-state index in [1.54, 1.807) is 0 Å². The summed E-state index contributed by atoms with van der Waals surface area (Å²) < 4.78 is 4.80. The van der Waals surface area contributed by atoms with Crippen molar-refractivity contribution in [1.82, 2.24) is 24.1 Å². The Morgan fingerprint density at radius 1 is 0.258 bits per heavy atom. The van der Waals surface area contributed by atoms with Crippen LogP contribution < -0.4 is 0 Å². The molecule has 0 aliphatic heterocycles. The van der Waals surface area contributed by atoms with Crippen molar-refractivity contribution >= 4 is 43.6 Å². The average molecular weight is 792 g/mol. The van der Waals surface area contributed by atoms with Gasteiger partial charge in [0.15, 0.2) is 17.5 Å². The van der Waals surface area contributed by atoms with E-state index in [1.165, 1.54) is 43.7 Å². The number of para-hydroxylation sites is 3. The highest BCUT2D eigenvalue weighted by Crippen LogP contribution is 2.41. The summed E-state index contributed by atoms with van der Waals surface area (Å²) in [7, 11) is 0. The number of hydrogen-bond acceptors (Lipinski definition) is 3. The molecule has 3 heterocycles. The van der Waals surface area contributed by atoms with Crippen molar-refractivity contribution in [3.05, 3.63) is 224 Å². The molecule has 3 aromatic heterocycles. The smallest absolute Gasteiger partial charge is 0.164 e. The molecule has 0 unspecified atom stereocenters. The topological polar surface area (TPSA) is 48.5 Å². The van der Waals surface area contributed by atoms with Crippen molar-refractivity contribution in [3.8, 4) is 67.8 Å². The van der Waals surface area contributed by atoms with E-state index in [2.05, 4.69) is 173 Å². The summed E-state index contributed by atoms with van der Waals surface area (Å²) in [6.07, 6.45) is 0. The maximum Gasteiger partial charge on any atom is 0.164 e. The van der Waals surface area contributed by atoms with Gasteiger partial charge >= 0.3 is 0 Å². The van der Waals surface area contributed by atoms with Crippen LogP contribution in [0.1, 0.15) is 0 Å². The molecule has 0 atom stereocenters. The lowest BCUT2D eigenvalue weighted by atomic mass is 9.98. The average Bonchev–Trinajstić information content (AvgIpc) is 3.87. The van der Waals surface area contributed by atoms with Gasteiger partial charge in [0, 0.05) is 49.6 Å². The molecular formula is C57H37N5. The van der Waals surface area contributed by atoms with E-state index in [0.29, 0.717) is 17.5 Å². The first-order valence-corrected chi connectivity index (χ1v) is 20.9. The minimum Gasteiger partial charge on any atom is -0.309 e. The van der Waals surface area contributed by atoms with Crippen LogP contribution >= 0.6 is 0 Å². The lowest BCUT2D eigenvalue weighted by Gasteiger charge is -2.13. The molecule has 0 fully saturated rings. The normalized spacial score (nSPS) is 11.5. The van der Waals surface area contributed by atoms with E-state index >= 15 is 0 Å². The van der Waals surface area contributed by atoms with Gasteiger partial charge in [-0.3, -0.25) is 0 Å². The van der Waals surface area contributed by atoms with Crippen LogP contribution in [0, 0.1) is 0 Å². The Balaban J connectivity index is 0.995. The molecule has 5 heteroatoms. The predicted octanol–water partition coefficient (Wildman–Crippen LogP) is 14.4. The van der Waals surface area contributed by atoms with Crippen molar-refractivity contribution in [2.24, 2.45) is 0 Å². The van der Waals surface area contributed by atoms with E-state index in [-0.39, 0.29) is 0 Å². The summed E-state index contributed by atoms with van der Waals surface area (Å²) in [6, 6.07) is 79.4. The lowest BCUT2D eigenvalue weighted by Crippen LogP contribution is -2.00. The molecule has 0 bridgehead atoms. The highest BCUT2D eigenvalue weighted by atomic mass is 15.0. The number of nitrogens with zero attached hydrogens (tertiary/aromatic N) is 5. The van der Waals surface area contributed by atoms with Crippen molar-refractivity contribution in [1.29, 1.82) is 0 Å². The molecule has 12 rings (SSSR count). The Morgan fingerprint density at radius 3 is 1.44 bits per heavy atom. The first kappa shape index (κ1) is 35.5. The van der Waals surface area contributed by atoms with Gasteiger partial charge in [0.2, 0.25) is 0 Å². The number of aromatic nitrogens is 5. The van der Waals surface area contributed by atoms with E-state index in [1.807, 2.05) is 60.7 Å². The van der Waals surface area contributed by atoms with Gasteiger partial charge in [0.1, 0.15) is 0 Å². The molecular weight excluding hydrogens is 755 g/mol. The molecule has 0 amide bonds. The summed E-state index contributed by atoms with van der Waals surface area (Å²) in [5.74, 6) is 1.92. The summed E-state index contributed by atoms with van der Waals surface area (Å²) >= 11 is 0. The zero-order valence-electron chi connectivity index (χ0n) is 33.6. The molecule has 0 radical (unpaired) electrons. The van der Waals surface area contributed by atoms with Gasteiger partial charge in [0.25, 0.3) is 0 Å².